The molecule has 0 aromatic heterocycles. The van der Waals surface area contributed by atoms with Crippen LogP contribution >= 0.6 is 0 Å². The summed E-state index contributed by atoms with van der Waals surface area (Å²) < 4.78 is 11.4. The number of likely N-dealkylation sites (tertiary alicyclic amines) is 1. The maximum atomic E-state index is 14.1. The molecule has 0 radical (unpaired) electrons. The van der Waals surface area contributed by atoms with E-state index in [1.807, 2.05) is 68.4 Å². The molecule has 3 aromatic carbocycles. The van der Waals surface area contributed by atoms with Gasteiger partial charge >= 0.3 is 5.97 Å². The molecule has 0 bridgehead atoms. The van der Waals surface area contributed by atoms with E-state index in [0.29, 0.717) is 30.8 Å². The zero-order valence-electron chi connectivity index (χ0n) is 22.4. The molecule has 1 aliphatic rings. The number of hydrogen-bond donors (Lipinski definition) is 2. The average molecular weight is 517 g/mol. The van der Waals surface area contributed by atoms with E-state index in [0.717, 1.165) is 16.7 Å². The molecule has 1 fully saturated rings. The van der Waals surface area contributed by atoms with Crippen molar-refractivity contribution in [3.63, 3.8) is 0 Å². The Kier molecular flexibility index (Phi) is 8.37. The van der Waals surface area contributed by atoms with Crippen molar-refractivity contribution in [1.82, 2.24) is 4.90 Å². The molecular weight excluding hydrogens is 480 g/mol. The molecular formula is C31H36N2O5. The lowest BCUT2D eigenvalue weighted by atomic mass is 9.75. The van der Waals surface area contributed by atoms with Crippen molar-refractivity contribution in [2.75, 3.05) is 26.1 Å². The molecule has 1 unspecified atom stereocenters. The number of hydrogen-bond acceptors (Lipinski definition) is 5. The van der Waals surface area contributed by atoms with Crippen LogP contribution in [0.3, 0.4) is 0 Å². The fourth-order valence-electron chi connectivity index (χ4n) is 5.40. The van der Waals surface area contributed by atoms with Crippen LogP contribution in [0.5, 0.6) is 5.75 Å². The predicted molar refractivity (Wildman–Crippen MR) is 148 cm³/mol. The Morgan fingerprint density at radius 2 is 1.66 bits per heavy atom. The largest absolute Gasteiger partial charge is 0.497 e. The van der Waals surface area contributed by atoms with Crippen molar-refractivity contribution in [3.8, 4) is 16.9 Å². The third-order valence-electron chi connectivity index (χ3n) is 7.42. The minimum Gasteiger partial charge on any atom is -0.497 e. The lowest BCUT2D eigenvalue weighted by molar-refractivity contribution is -0.150. The minimum absolute atomic E-state index is 0.259. The van der Waals surface area contributed by atoms with Gasteiger partial charge in [-0.1, -0.05) is 74.5 Å². The molecule has 38 heavy (non-hydrogen) atoms. The Hall–Kier alpha value is -3.84. The SMILES string of the molecule is COc1cccc(N[C@H](C(=O)N2CCCC2C(=O)O)C(C)(C)[C@H](OC)c2ccc(-c3ccccc3)cc2)c1. The Morgan fingerprint density at radius 1 is 0.974 bits per heavy atom. The fraction of sp³-hybridized carbons (Fsp3) is 0.355. The van der Waals surface area contributed by atoms with E-state index in [1.165, 1.54) is 4.90 Å². The number of carboxylic acids is 1. The summed E-state index contributed by atoms with van der Waals surface area (Å²) in [6.07, 6.45) is 0.649. The van der Waals surface area contributed by atoms with Gasteiger partial charge in [-0.05, 0) is 41.7 Å². The number of carbonyl (C=O) groups excluding carboxylic acids is 1. The van der Waals surface area contributed by atoms with Gasteiger partial charge in [-0.3, -0.25) is 4.79 Å². The van der Waals surface area contributed by atoms with Crippen LogP contribution in [0, 0.1) is 5.41 Å². The molecule has 0 saturated carbocycles. The highest BCUT2D eigenvalue weighted by atomic mass is 16.5. The molecule has 3 aromatic rings. The number of anilines is 1. The molecule has 3 atom stereocenters. The molecule has 2 N–H and O–H groups in total. The lowest BCUT2D eigenvalue weighted by Gasteiger charge is -2.42. The second-order valence-electron chi connectivity index (χ2n) is 10.3. The Morgan fingerprint density at radius 3 is 2.29 bits per heavy atom. The quantitative estimate of drug-likeness (QED) is 0.363. The highest BCUT2D eigenvalue weighted by molar-refractivity contribution is 5.90. The number of aliphatic carboxylic acids is 1. The van der Waals surface area contributed by atoms with E-state index in [9.17, 15) is 14.7 Å². The van der Waals surface area contributed by atoms with Crippen LogP contribution in [-0.2, 0) is 14.3 Å². The van der Waals surface area contributed by atoms with Crippen molar-refractivity contribution >= 4 is 17.6 Å². The number of nitrogens with zero attached hydrogens (tertiary/aromatic N) is 1. The molecule has 1 aliphatic heterocycles. The summed E-state index contributed by atoms with van der Waals surface area (Å²) in [5, 5.41) is 13.2. The van der Waals surface area contributed by atoms with Gasteiger partial charge in [0.25, 0.3) is 0 Å². The Labute approximate surface area is 224 Å². The van der Waals surface area contributed by atoms with Gasteiger partial charge in [0.05, 0.1) is 13.2 Å². The number of carbonyl (C=O) groups is 2. The van der Waals surface area contributed by atoms with Gasteiger partial charge < -0.3 is 24.8 Å². The number of carboxylic acid groups (broad SMARTS) is 1. The summed E-state index contributed by atoms with van der Waals surface area (Å²) in [6.45, 7) is 4.37. The van der Waals surface area contributed by atoms with E-state index >= 15 is 0 Å². The Balaban J connectivity index is 1.70. The Bertz CT molecular complexity index is 1240. The molecule has 1 heterocycles. The van der Waals surface area contributed by atoms with Gasteiger partial charge in [0.1, 0.15) is 17.8 Å². The van der Waals surface area contributed by atoms with Crippen molar-refractivity contribution in [3.05, 3.63) is 84.4 Å². The number of amides is 1. The zero-order valence-corrected chi connectivity index (χ0v) is 22.4. The highest BCUT2D eigenvalue weighted by Crippen LogP contribution is 2.42. The minimum atomic E-state index is -0.978. The van der Waals surface area contributed by atoms with Gasteiger partial charge in [-0.15, -0.1) is 0 Å². The number of rotatable bonds is 10. The average Bonchev–Trinajstić information content (AvgIpc) is 3.43. The second kappa shape index (κ2) is 11.7. The summed E-state index contributed by atoms with van der Waals surface area (Å²) in [6, 6.07) is 24.1. The third kappa shape index (κ3) is 5.68. The molecule has 4 rings (SSSR count). The maximum absolute atomic E-state index is 14.1. The van der Waals surface area contributed by atoms with Gasteiger partial charge in [0, 0.05) is 30.8 Å². The van der Waals surface area contributed by atoms with Crippen molar-refractivity contribution in [1.29, 1.82) is 0 Å². The first-order valence-corrected chi connectivity index (χ1v) is 12.9. The van der Waals surface area contributed by atoms with E-state index in [4.69, 9.17) is 9.47 Å². The van der Waals surface area contributed by atoms with E-state index in [2.05, 4.69) is 29.6 Å². The topological polar surface area (TPSA) is 88.1 Å². The van der Waals surface area contributed by atoms with Crippen molar-refractivity contribution < 1.29 is 24.2 Å². The fourth-order valence-corrected chi connectivity index (χ4v) is 5.40. The van der Waals surface area contributed by atoms with Gasteiger partial charge in [0.15, 0.2) is 0 Å². The number of methoxy groups -OCH3 is 2. The van der Waals surface area contributed by atoms with E-state index in [1.54, 1.807) is 14.2 Å². The first kappa shape index (κ1) is 27.2. The lowest BCUT2D eigenvalue weighted by Crippen LogP contribution is -2.55. The standard InChI is InChI=1S/C31H36N2O5/c1-31(2,28(38-4)23-17-15-22(16-18-23)21-10-6-5-7-11-21)27(32-24-12-8-13-25(20-24)37-3)29(34)33-19-9-14-26(33)30(35)36/h5-8,10-13,15-18,20,26-28,32H,9,14,19H2,1-4H3,(H,35,36)/t26?,27-,28-/m1/s1. The normalized spacial score (nSPS) is 17.1. The van der Waals surface area contributed by atoms with Gasteiger partial charge in [-0.25, -0.2) is 4.79 Å². The van der Waals surface area contributed by atoms with E-state index < -0.39 is 29.6 Å². The van der Waals surface area contributed by atoms with Crippen LogP contribution in [0.1, 0.15) is 38.4 Å². The van der Waals surface area contributed by atoms with Crippen molar-refractivity contribution in [2.45, 2.75) is 44.9 Å². The predicted octanol–water partition coefficient (Wildman–Crippen LogP) is 5.63. The summed E-state index contributed by atoms with van der Waals surface area (Å²) in [5.74, 6) is -0.581. The van der Waals surface area contributed by atoms with Crippen LogP contribution in [-0.4, -0.2) is 54.7 Å². The summed E-state index contributed by atoms with van der Waals surface area (Å²) in [5.41, 5.74) is 3.07. The van der Waals surface area contributed by atoms with Gasteiger partial charge in [0.2, 0.25) is 5.91 Å². The molecule has 7 heteroatoms. The van der Waals surface area contributed by atoms with Crippen LogP contribution in [0.2, 0.25) is 0 Å². The maximum Gasteiger partial charge on any atom is 0.326 e. The van der Waals surface area contributed by atoms with Crippen LogP contribution < -0.4 is 10.1 Å². The summed E-state index contributed by atoms with van der Waals surface area (Å²) in [4.78, 5) is 27.5. The smallest absolute Gasteiger partial charge is 0.326 e. The third-order valence-corrected chi connectivity index (χ3v) is 7.42. The van der Waals surface area contributed by atoms with E-state index in [-0.39, 0.29) is 5.91 Å². The van der Waals surface area contributed by atoms with Crippen LogP contribution in [0.4, 0.5) is 5.69 Å². The number of benzene rings is 3. The molecule has 7 nitrogen and oxygen atoms in total. The van der Waals surface area contributed by atoms with Crippen molar-refractivity contribution in [2.24, 2.45) is 5.41 Å². The highest BCUT2D eigenvalue weighted by Gasteiger charge is 2.47. The second-order valence-corrected chi connectivity index (χ2v) is 10.3. The monoisotopic (exact) mass is 516 g/mol. The molecule has 0 spiro atoms. The molecule has 1 saturated heterocycles. The molecule has 1 amide bonds. The zero-order chi connectivity index (χ0) is 27.3. The van der Waals surface area contributed by atoms with Crippen LogP contribution in [0.25, 0.3) is 11.1 Å². The first-order valence-electron chi connectivity index (χ1n) is 12.9. The first-order chi connectivity index (χ1) is 18.3. The molecule has 200 valence electrons. The molecule has 0 aliphatic carbocycles. The summed E-state index contributed by atoms with van der Waals surface area (Å²) >= 11 is 0. The summed E-state index contributed by atoms with van der Waals surface area (Å²) in [7, 11) is 3.23. The van der Waals surface area contributed by atoms with Gasteiger partial charge in [-0.2, -0.15) is 0 Å². The number of ether oxygens (including phenoxy) is 2. The number of nitrogens with one attached hydrogen (secondary N) is 1. The van der Waals surface area contributed by atoms with Crippen LogP contribution in [0.15, 0.2) is 78.9 Å².